The lowest BCUT2D eigenvalue weighted by molar-refractivity contribution is 0.102. The third kappa shape index (κ3) is 6.18. The van der Waals surface area contributed by atoms with E-state index < -0.39 is 31.0 Å². The highest BCUT2D eigenvalue weighted by Gasteiger charge is 2.24. The van der Waals surface area contributed by atoms with E-state index in [1.165, 1.54) is 40.7 Å². The fourth-order valence-electron chi connectivity index (χ4n) is 3.78. The molecule has 0 spiro atoms. The van der Waals surface area contributed by atoms with Crippen LogP contribution in [0.5, 0.6) is 0 Å². The van der Waals surface area contributed by atoms with Crippen molar-refractivity contribution in [2.45, 2.75) is 42.2 Å². The van der Waals surface area contributed by atoms with Crippen molar-refractivity contribution in [2.24, 2.45) is 0 Å². The summed E-state index contributed by atoms with van der Waals surface area (Å²) in [5.41, 5.74) is 1.51. The lowest BCUT2D eigenvalue weighted by Gasteiger charge is -2.22. The standard InChI is InChI=1S/C27H28N4O6S2/c1-4-31(22-8-6-5-7-9-22)39(35,36)24-16-12-21(13-17-24)26(32)28-27-30-29-25(37-27)18-20-10-14-23(15-11-20)38(33,34)19(2)3/h5-17,19H,4,18H2,1-3H3,(H,28,30,32). The minimum atomic E-state index is -3.82. The van der Waals surface area contributed by atoms with Crippen LogP contribution in [0.15, 0.2) is 93.1 Å². The van der Waals surface area contributed by atoms with Gasteiger partial charge in [-0.1, -0.05) is 35.4 Å². The predicted octanol–water partition coefficient (Wildman–Crippen LogP) is 4.31. The quantitative estimate of drug-likeness (QED) is 0.299. The van der Waals surface area contributed by atoms with E-state index in [1.807, 2.05) is 6.07 Å². The van der Waals surface area contributed by atoms with Gasteiger partial charge in [0.25, 0.3) is 15.9 Å². The van der Waals surface area contributed by atoms with Crippen molar-refractivity contribution in [3.8, 4) is 0 Å². The molecule has 4 aromatic rings. The number of aromatic nitrogens is 2. The lowest BCUT2D eigenvalue weighted by atomic mass is 10.1. The first-order chi connectivity index (χ1) is 18.5. The molecule has 0 unspecified atom stereocenters. The number of para-hydroxylation sites is 1. The molecule has 1 heterocycles. The van der Waals surface area contributed by atoms with Crippen LogP contribution in [0.4, 0.5) is 11.7 Å². The van der Waals surface area contributed by atoms with Gasteiger partial charge in [0.1, 0.15) is 0 Å². The molecule has 1 amide bonds. The fraction of sp³-hybridized carbons (Fsp3) is 0.222. The zero-order valence-corrected chi connectivity index (χ0v) is 23.2. The Morgan fingerprint density at radius 3 is 2.08 bits per heavy atom. The molecule has 12 heteroatoms. The number of carbonyl (C=O) groups is 1. The Kier molecular flexibility index (Phi) is 8.17. The van der Waals surface area contributed by atoms with Crippen molar-refractivity contribution in [3.63, 3.8) is 0 Å². The van der Waals surface area contributed by atoms with Gasteiger partial charge in [-0.3, -0.25) is 14.4 Å². The molecule has 4 rings (SSSR count). The average molecular weight is 569 g/mol. The van der Waals surface area contributed by atoms with Gasteiger partial charge in [-0.05, 0) is 74.9 Å². The number of carbonyl (C=O) groups excluding carboxylic acids is 1. The van der Waals surface area contributed by atoms with Crippen LogP contribution in [0.2, 0.25) is 0 Å². The molecule has 0 radical (unpaired) electrons. The van der Waals surface area contributed by atoms with Crippen LogP contribution < -0.4 is 9.62 Å². The maximum Gasteiger partial charge on any atom is 0.322 e. The molecule has 204 valence electrons. The van der Waals surface area contributed by atoms with Crippen LogP contribution in [0.25, 0.3) is 0 Å². The minimum absolute atomic E-state index is 0.0528. The topological polar surface area (TPSA) is 140 Å². The van der Waals surface area contributed by atoms with E-state index in [9.17, 15) is 21.6 Å². The van der Waals surface area contributed by atoms with Gasteiger partial charge >= 0.3 is 6.01 Å². The van der Waals surface area contributed by atoms with Crippen molar-refractivity contribution in [2.75, 3.05) is 16.2 Å². The summed E-state index contributed by atoms with van der Waals surface area (Å²) in [6, 6.07) is 20.6. The van der Waals surface area contributed by atoms with Crippen LogP contribution >= 0.6 is 0 Å². The van der Waals surface area contributed by atoms with E-state index in [0.717, 1.165) is 5.56 Å². The number of sulfonamides is 1. The summed E-state index contributed by atoms with van der Waals surface area (Å²) in [5.74, 6) is -0.320. The first-order valence-corrected chi connectivity index (χ1v) is 15.2. The largest absolute Gasteiger partial charge is 0.407 e. The molecular formula is C27H28N4O6S2. The first kappa shape index (κ1) is 28.0. The molecule has 39 heavy (non-hydrogen) atoms. The normalized spacial score (nSPS) is 11.9. The second-order valence-corrected chi connectivity index (χ2v) is 13.3. The number of rotatable bonds is 10. The Bertz CT molecular complexity index is 1650. The Labute approximate surface area is 227 Å². The lowest BCUT2D eigenvalue weighted by Crippen LogP contribution is -2.30. The molecule has 0 saturated heterocycles. The van der Waals surface area contributed by atoms with Gasteiger partial charge < -0.3 is 4.42 Å². The van der Waals surface area contributed by atoms with Crippen molar-refractivity contribution in [1.82, 2.24) is 10.2 Å². The smallest absolute Gasteiger partial charge is 0.322 e. The number of hydrogen-bond donors (Lipinski definition) is 1. The van der Waals surface area contributed by atoms with Gasteiger partial charge in [0.15, 0.2) is 9.84 Å². The summed E-state index contributed by atoms with van der Waals surface area (Å²) in [6.07, 6.45) is 0.243. The van der Waals surface area contributed by atoms with Gasteiger partial charge in [-0.2, -0.15) is 0 Å². The van der Waals surface area contributed by atoms with Crippen LogP contribution in [0.1, 0.15) is 42.6 Å². The fourth-order valence-corrected chi connectivity index (χ4v) is 6.31. The molecule has 10 nitrogen and oxygen atoms in total. The number of hydrogen-bond acceptors (Lipinski definition) is 8. The van der Waals surface area contributed by atoms with Crippen molar-refractivity contribution in [3.05, 3.63) is 95.9 Å². The molecule has 0 aliphatic rings. The summed E-state index contributed by atoms with van der Waals surface area (Å²) in [6.45, 7) is 5.24. The number of anilines is 2. The highest BCUT2D eigenvalue weighted by Crippen LogP contribution is 2.24. The molecule has 0 aliphatic carbocycles. The maximum absolute atomic E-state index is 13.1. The van der Waals surface area contributed by atoms with E-state index in [2.05, 4.69) is 15.5 Å². The molecule has 0 fully saturated rings. The van der Waals surface area contributed by atoms with Crippen LogP contribution in [-0.4, -0.2) is 44.7 Å². The number of benzene rings is 3. The number of nitrogens with one attached hydrogen (secondary N) is 1. The Hall–Kier alpha value is -4.03. The second kappa shape index (κ2) is 11.4. The highest BCUT2D eigenvalue weighted by atomic mass is 32.2. The SMILES string of the molecule is CCN(c1ccccc1)S(=O)(=O)c1ccc(C(=O)Nc2nnc(Cc3ccc(S(=O)(=O)C(C)C)cc3)o2)cc1. The molecule has 1 N–H and O–H groups in total. The molecule has 3 aromatic carbocycles. The van der Waals surface area contributed by atoms with E-state index in [-0.39, 0.29) is 40.2 Å². The minimum Gasteiger partial charge on any atom is -0.407 e. The summed E-state index contributed by atoms with van der Waals surface area (Å²) in [5, 5.41) is 9.75. The summed E-state index contributed by atoms with van der Waals surface area (Å²) in [7, 11) is -7.19. The first-order valence-electron chi connectivity index (χ1n) is 12.2. The van der Waals surface area contributed by atoms with Crippen molar-refractivity contribution < 1.29 is 26.0 Å². The molecular weight excluding hydrogens is 540 g/mol. The second-order valence-electron chi connectivity index (χ2n) is 8.90. The number of nitrogens with zero attached hydrogens (tertiary/aromatic N) is 3. The molecule has 0 aliphatic heterocycles. The van der Waals surface area contributed by atoms with Gasteiger partial charge in [-0.25, -0.2) is 16.8 Å². The number of amides is 1. The van der Waals surface area contributed by atoms with Gasteiger partial charge in [0.2, 0.25) is 5.89 Å². The third-order valence-electron chi connectivity index (χ3n) is 5.95. The molecule has 0 saturated carbocycles. The Morgan fingerprint density at radius 2 is 1.49 bits per heavy atom. The average Bonchev–Trinajstić information content (AvgIpc) is 3.36. The predicted molar refractivity (Wildman–Crippen MR) is 147 cm³/mol. The summed E-state index contributed by atoms with van der Waals surface area (Å²) in [4.78, 5) is 13.0. The van der Waals surface area contributed by atoms with Gasteiger partial charge in [-0.15, -0.1) is 5.10 Å². The van der Waals surface area contributed by atoms with E-state index >= 15 is 0 Å². The Morgan fingerprint density at radius 1 is 0.872 bits per heavy atom. The van der Waals surface area contributed by atoms with Gasteiger partial charge in [0, 0.05) is 12.1 Å². The highest BCUT2D eigenvalue weighted by molar-refractivity contribution is 7.93. The Balaban J connectivity index is 1.41. The molecule has 1 aromatic heterocycles. The van der Waals surface area contributed by atoms with Crippen LogP contribution in [0, 0.1) is 0 Å². The zero-order chi connectivity index (χ0) is 28.2. The zero-order valence-electron chi connectivity index (χ0n) is 21.6. The van der Waals surface area contributed by atoms with E-state index in [0.29, 0.717) is 5.69 Å². The van der Waals surface area contributed by atoms with E-state index in [4.69, 9.17) is 4.42 Å². The summed E-state index contributed by atoms with van der Waals surface area (Å²) < 4.78 is 57.7. The number of sulfone groups is 1. The molecule has 0 atom stereocenters. The monoisotopic (exact) mass is 568 g/mol. The van der Waals surface area contributed by atoms with Crippen molar-refractivity contribution >= 4 is 37.5 Å². The van der Waals surface area contributed by atoms with E-state index in [1.54, 1.807) is 57.2 Å². The van der Waals surface area contributed by atoms with Crippen LogP contribution in [0.3, 0.4) is 0 Å². The van der Waals surface area contributed by atoms with Gasteiger partial charge in [0.05, 0.1) is 27.1 Å². The molecule has 0 bridgehead atoms. The van der Waals surface area contributed by atoms with Crippen LogP contribution in [-0.2, 0) is 26.3 Å². The third-order valence-corrected chi connectivity index (χ3v) is 10.0. The maximum atomic E-state index is 13.1. The van der Waals surface area contributed by atoms with Crippen molar-refractivity contribution in [1.29, 1.82) is 0 Å². The summed E-state index contributed by atoms with van der Waals surface area (Å²) >= 11 is 0.